The second-order valence-corrected chi connectivity index (χ2v) is 3.76. The summed E-state index contributed by atoms with van der Waals surface area (Å²) in [7, 11) is 0. The second kappa shape index (κ2) is 10.6. The fourth-order valence-corrected chi connectivity index (χ4v) is 1.56. The van der Waals surface area contributed by atoms with Gasteiger partial charge in [-0.1, -0.05) is 26.3 Å². The number of hydrogen-bond acceptors (Lipinski definition) is 8. The third kappa shape index (κ3) is 6.42. The third-order valence-corrected chi connectivity index (χ3v) is 2.41. The molecule has 0 rings (SSSR count). The molecule has 1 unspecified atom stereocenters. The number of carbonyl (C=O) groups excluding carboxylic acids is 4. The minimum absolute atomic E-state index is 0.665. The Balaban J connectivity index is 5.65. The largest absolute Gasteiger partial charge is 0.435 e. The number of carbonyl (C=O) groups is 4. The number of ether oxygens (including phenoxy) is 4. The molecule has 124 valence electrons. The summed E-state index contributed by atoms with van der Waals surface area (Å²) in [5, 5.41) is 0. The van der Waals surface area contributed by atoms with E-state index >= 15 is 0 Å². The summed E-state index contributed by atoms with van der Waals surface area (Å²) in [6.45, 7) is 12.7. The van der Waals surface area contributed by atoms with Crippen LogP contribution in [0, 0.1) is 11.8 Å². The fourth-order valence-electron chi connectivity index (χ4n) is 1.56. The summed E-state index contributed by atoms with van der Waals surface area (Å²) in [4.78, 5) is 47.3. The average Bonchev–Trinajstić information content (AvgIpc) is 2.47. The van der Waals surface area contributed by atoms with Crippen LogP contribution in [0.3, 0.4) is 0 Å². The Morgan fingerprint density at radius 1 is 0.696 bits per heavy atom. The maximum absolute atomic E-state index is 11.9. The zero-order chi connectivity index (χ0) is 17.8. The van der Waals surface area contributed by atoms with Gasteiger partial charge in [0, 0.05) is 0 Å². The topological polar surface area (TPSA) is 105 Å². The van der Waals surface area contributed by atoms with Crippen LogP contribution in [0.15, 0.2) is 51.4 Å². The van der Waals surface area contributed by atoms with Crippen LogP contribution in [0.4, 0.5) is 0 Å². The normalized spacial score (nSPS) is 10.7. The predicted molar refractivity (Wildman–Crippen MR) is 76.8 cm³/mol. The molecule has 0 aromatic rings. The molecule has 0 aliphatic rings. The molecular weight excluding hydrogens is 308 g/mol. The molecule has 0 aromatic carbocycles. The quantitative estimate of drug-likeness (QED) is 0.257. The zero-order valence-corrected chi connectivity index (χ0v) is 12.3. The molecule has 8 nitrogen and oxygen atoms in total. The minimum atomic E-state index is -1.80. The average molecular weight is 324 g/mol. The van der Waals surface area contributed by atoms with Crippen molar-refractivity contribution in [3.05, 3.63) is 51.4 Å². The number of hydrogen-bond donors (Lipinski definition) is 0. The van der Waals surface area contributed by atoms with Gasteiger partial charge in [-0.25, -0.2) is 0 Å². The summed E-state index contributed by atoms with van der Waals surface area (Å²) in [5.74, 6) is -7.69. The standard InChI is InChI=1S/C15H16O8/c1-5-20-11(16)9-10(13(17)21-6-2)12(14(18)22-7-3)15(19)23-8-4/h5-8,10,12H,1-4,9H2. The Labute approximate surface area is 132 Å². The van der Waals surface area contributed by atoms with Crippen LogP contribution in [0.1, 0.15) is 6.42 Å². The second-order valence-electron chi connectivity index (χ2n) is 3.76. The van der Waals surface area contributed by atoms with Crippen molar-refractivity contribution in [3.63, 3.8) is 0 Å². The van der Waals surface area contributed by atoms with Gasteiger partial charge in [-0.3, -0.25) is 19.2 Å². The summed E-state index contributed by atoms with van der Waals surface area (Å²) in [5.41, 5.74) is 0. The van der Waals surface area contributed by atoms with Crippen molar-refractivity contribution in [1.29, 1.82) is 0 Å². The lowest BCUT2D eigenvalue weighted by Crippen LogP contribution is -2.39. The summed E-state index contributed by atoms with van der Waals surface area (Å²) >= 11 is 0. The molecule has 0 aliphatic heterocycles. The molecule has 8 heteroatoms. The van der Waals surface area contributed by atoms with Gasteiger partial charge in [0.2, 0.25) is 0 Å². The molecule has 0 radical (unpaired) electrons. The van der Waals surface area contributed by atoms with Gasteiger partial charge in [-0.15, -0.1) is 0 Å². The molecule has 1 atom stereocenters. The molecule has 0 bridgehead atoms. The lowest BCUT2D eigenvalue weighted by atomic mass is 9.89. The summed E-state index contributed by atoms with van der Waals surface area (Å²) in [6, 6.07) is 0. The van der Waals surface area contributed by atoms with E-state index in [9.17, 15) is 19.2 Å². The van der Waals surface area contributed by atoms with Crippen molar-refractivity contribution in [1.82, 2.24) is 0 Å². The Kier molecular flexibility index (Phi) is 9.10. The summed E-state index contributed by atoms with van der Waals surface area (Å²) < 4.78 is 18.0. The van der Waals surface area contributed by atoms with Crippen LogP contribution in [-0.2, 0) is 38.1 Å². The van der Waals surface area contributed by atoms with Crippen molar-refractivity contribution in [2.24, 2.45) is 11.8 Å². The van der Waals surface area contributed by atoms with Crippen LogP contribution in [0.5, 0.6) is 0 Å². The molecule has 0 heterocycles. The SMILES string of the molecule is C=COC(=O)CC(C(=O)OC=C)C(C(=O)OC=C)C(=O)OC=C. The van der Waals surface area contributed by atoms with E-state index in [1.807, 2.05) is 0 Å². The van der Waals surface area contributed by atoms with E-state index in [-0.39, 0.29) is 0 Å². The van der Waals surface area contributed by atoms with Gasteiger partial charge in [0.15, 0.2) is 5.92 Å². The third-order valence-electron chi connectivity index (χ3n) is 2.41. The zero-order valence-electron chi connectivity index (χ0n) is 12.3. The fraction of sp³-hybridized carbons (Fsp3) is 0.200. The van der Waals surface area contributed by atoms with E-state index in [1.165, 1.54) is 0 Å². The number of esters is 4. The van der Waals surface area contributed by atoms with Crippen molar-refractivity contribution in [3.8, 4) is 0 Å². The maximum Gasteiger partial charge on any atom is 0.326 e. The van der Waals surface area contributed by atoms with Crippen LogP contribution >= 0.6 is 0 Å². The lowest BCUT2D eigenvalue weighted by Gasteiger charge is -2.20. The Bertz CT molecular complexity index is 498. The summed E-state index contributed by atoms with van der Waals surface area (Å²) in [6.07, 6.45) is 2.46. The highest BCUT2D eigenvalue weighted by atomic mass is 16.6. The Hall–Kier alpha value is -3.16. The molecule has 0 saturated heterocycles. The molecule has 0 amide bonds. The molecule has 0 saturated carbocycles. The Morgan fingerprint density at radius 3 is 1.48 bits per heavy atom. The van der Waals surface area contributed by atoms with Gasteiger partial charge in [-0.2, -0.15) is 0 Å². The first kappa shape index (κ1) is 19.8. The van der Waals surface area contributed by atoms with Gasteiger partial charge in [0.1, 0.15) is 0 Å². The first-order valence-corrected chi connectivity index (χ1v) is 6.17. The van der Waals surface area contributed by atoms with E-state index in [0.29, 0.717) is 0 Å². The molecule has 0 fully saturated rings. The van der Waals surface area contributed by atoms with Gasteiger partial charge in [0.05, 0.1) is 37.4 Å². The molecule has 23 heavy (non-hydrogen) atoms. The van der Waals surface area contributed by atoms with Gasteiger partial charge >= 0.3 is 23.9 Å². The first-order valence-electron chi connectivity index (χ1n) is 6.17. The molecule has 0 N–H and O–H groups in total. The van der Waals surface area contributed by atoms with Crippen molar-refractivity contribution >= 4 is 23.9 Å². The van der Waals surface area contributed by atoms with E-state index in [2.05, 4.69) is 45.3 Å². The van der Waals surface area contributed by atoms with E-state index in [4.69, 9.17) is 0 Å². The van der Waals surface area contributed by atoms with Crippen LogP contribution in [0.25, 0.3) is 0 Å². The van der Waals surface area contributed by atoms with Crippen LogP contribution in [0.2, 0.25) is 0 Å². The van der Waals surface area contributed by atoms with Crippen molar-refractivity contribution in [2.45, 2.75) is 6.42 Å². The van der Waals surface area contributed by atoms with Crippen LogP contribution < -0.4 is 0 Å². The van der Waals surface area contributed by atoms with E-state index < -0.39 is 42.1 Å². The first-order chi connectivity index (χ1) is 10.9. The monoisotopic (exact) mass is 324 g/mol. The van der Waals surface area contributed by atoms with Crippen molar-refractivity contribution < 1.29 is 38.1 Å². The maximum atomic E-state index is 11.9. The molecule has 0 aromatic heterocycles. The smallest absolute Gasteiger partial charge is 0.326 e. The highest BCUT2D eigenvalue weighted by Crippen LogP contribution is 2.23. The minimum Gasteiger partial charge on any atom is -0.435 e. The van der Waals surface area contributed by atoms with Crippen LogP contribution in [-0.4, -0.2) is 23.9 Å². The van der Waals surface area contributed by atoms with Gasteiger partial charge in [-0.05, 0) is 0 Å². The lowest BCUT2D eigenvalue weighted by molar-refractivity contribution is -0.166. The van der Waals surface area contributed by atoms with E-state index in [0.717, 1.165) is 25.0 Å². The molecule has 0 spiro atoms. The number of rotatable bonds is 10. The predicted octanol–water partition coefficient (Wildman–Crippen LogP) is 1.36. The van der Waals surface area contributed by atoms with E-state index in [1.54, 1.807) is 0 Å². The van der Waals surface area contributed by atoms with Gasteiger partial charge in [0.25, 0.3) is 0 Å². The van der Waals surface area contributed by atoms with Gasteiger partial charge < -0.3 is 18.9 Å². The Morgan fingerprint density at radius 2 is 1.09 bits per heavy atom. The molecular formula is C15H16O8. The van der Waals surface area contributed by atoms with Crippen molar-refractivity contribution in [2.75, 3.05) is 0 Å². The highest BCUT2D eigenvalue weighted by molar-refractivity contribution is 6.00. The molecule has 0 aliphatic carbocycles. The highest BCUT2D eigenvalue weighted by Gasteiger charge is 2.44.